The number of anilines is 1. The Bertz CT molecular complexity index is 2080. The number of hydrogen-bond acceptors (Lipinski definition) is 9. The molecule has 0 saturated carbocycles. The zero-order valence-corrected chi connectivity index (χ0v) is 24.9. The number of amides is 1. The second kappa shape index (κ2) is 12.8. The van der Waals surface area contributed by atoms with E-state index in [0.717, 1.165) is 16.4 Å². The lowest BCUT2D eigenvalue weighted by Crippen LogP contribution is -2.34. The molecule has 4 aromatic heterocycles. The first-order valence-corrected chi connectivity index (χ1v) is 14.1. The summed E-state index contributed by atoms with van der Waals surface area (Å²) in [6.45, 7) is 0. The number of methoxy groups -OCH3 is 1. The molecule has 0 bridgehead atoms. The molecule has 0 aliphatic rings. The molecule has 1 unspecified atom stereocenters. The molecule has 2 aromatic carbocycles. The number of halogens is 4. The molecule has 0 aliphatic heterocycles. The van der Waals surface area contributed by atoms with Gasteiger partial charge in [0.05, 0.1) is 25.2 Å². The highest BCUT2D eigenvalue weighted by molar-refractivity contribution is 6.31. The molecule has 13 nitrogen and oxygen atoms in total. The summed E-state index contributed by atoms with van der Waals surface area (Å²) < 4.78 is 47.7. The molecule has 0 radical (unpaired) electrons. The lowest BCUT2D eigenvalue weighted by Gasteiger charge is -2.22. The fraction of sp³-hybridized carbons (Fsp3) is 0.133. The van der Waals surface area contributed by atoms with E-state index in [9.17, 15) is 22.8 Å². The van der Waals surface area contributed by atoms with Gasteiger partial charge in [-0.2, -0.15) is 18.4 Å². The average molecular weight is 663 g/mol. The van der Waals surface area contributed by atoms with Gasteiger partial charge in [-0.05, 0) is 65.4 Å². The average Bonchev–Trinajstić information content (AvgIpc) is 3.78. The number of ether oxygens (including phenoxy) is 1. The van der Waals surface area contributed by atoms with E-state index in [1.807, 2.05) is 0 Å². The summed E-state index contributed by atoms with van der Waals surface area (Å²) in [5, 5.41) is 23.7. The van der Waals surface area contributed by atoms with Crippen molar-refractivity contribution in [3.05, 3.63) is 112 Å². The number of aromatic nitrogens is 9. The molecular weight excluding hydrogens is 641 g/mol. The summed E-state index contributed by atoms with van der Waals surface area (Å²) >= 11 is 6.28. The van der Waals surface area contributed by atoms with E-state index in [4.69, 9.17) is 16.3 Å². The Kier molecular flexibility index (Phi) is 8.50. The van der Waals surface area contributed by atoms with Crippen LogP contribution in [0.15, 0.2) is 90.2 Å². The molecule has 0 fully saturated rings. The van der Waals surface area contributed by atoms with E-state index in [2.05, 4.69) is 41.2 Å². The van der Waals surface area contributed by atoms with Gasteiger partial charge in [0, 0.05) is 52.3 Å². The molecule has 0 spiro atoms. The van der Waals surface area contributed by atoms with E-state index < -0.39 is 29.4 Å². The number of H-pyrrole nitrogens is 1. The molecule has 2 N–H and O–H groups in total. The van der Waals surface area contributed by atoms with Crippen LogP contribution in [0.25, 0.3) is 28.2 Å². The monoisotopic (exact) mass is 662 g/mol. The van der Waals surface area contributed by atoms with E-state index >= 15 is 0 Å². The van der Waals surface area contributed by atoms with E-state index in [-0.39, 0.29) is 34.0 Å². The van der Waals surface area contributed by atoms with Crippen molar-refractivity contribution in [3.8, 4) is 34.0 Å². The molecule has 4 heterocycles. The largest absolute Gasteiger partial charge is 0.495 e. The molecule has 6 aromatic rings. The molecule has 1 amide bonds. The number of nitrogens with zero attached hydrogens (tertiary/aromatic N) is 8. The first-order chi connectivity index (χ1) is 22.6. The van der Waals surface area contributed by atoms with Crippen LogP contribution >= 0.6 is 11.6 Å². The van der Waals surface area contributed by atoms with Gasteiger partial charge in [-0.25, -0.2) is 4.68 Å². The molecule has 0 aliphatic carbocycles. The minimum Gasteiger partial charge on any atom is -0.495 e. The normalized spacial score (nSPS) is 12.1. The first-order valence-electron chi connectivity index (χ1n) is 13.7. The topological polar surface area (TPSA) is 158 Å². The lowest BCUT2D eigenvalue weighted by molar-refractivity contribution is -0.141. The van der Waals surface area contributed by atoms with Crippen molar-refractivity contribution < 1.29 is 22.7 Å². The molecule has 1 atom stereocenters. The molecule has 47 heavy (non-hydrogen) atoms. The number of carbonyl (C=O) groups is 1. The minimum absolute atomic E-state index is 0.110. The van der Waals surface area contributed by atoms with Crippen molar-refractivity contribution in [2.24, 2.45) is 0 Å². The van der Waals surface area contributed by atoms with Crippen LogP contribution in [0.2, 0.25) is 5.02 Å². The standard InChI is InChI=1S/C30H22ClF3N10O3/c1-47-25-15-43(27(45)14-22(25)21-13-19(31)4-7-23(21)44-16-26(37-42-44)30(32,33)34)24(12-17-8-10-35-11-9-17)29(46)36-20-5-2-18(3-6-20)28-38-40-41-39-28/h2-11,13-16,24H,12H2,1H3,(H,36,46)(H,38,39,40,41). The maximum Gasteiger partial charge on any atom is 0.436 e. The molecule has 6 rings (SSSR count). The highest BCUT2D eigenvalue weighted by Gasteiger charge is 2.35. The second-order valence-electron chi connectivity index (χ2n) is 10.1. The number of rotatable bonds is 9. The van der Waals surface area contributed by atoms with Gasteiger partial charge in [0.2, 0.25) is 11.7 Å². The summed E-state index contributed by atoms with van der Waals surface area (Å²) in [5.41, 5.74) is 0.660. The Hall–Kier alpha value is -5.90. The fourth-order valence-corrected chi connectivity index (χ4v) is 5.02. The smallest absolute Gasteiger partial charge is 0.436 e. The highest BCUT2D eigenvalue weighted by atomic mass is 35.5. The van der Waals surface area contributed by atoms with Crippen LogP contribution < -0.4 is 15.6 Å². The number of carbonyl (C=O) groups excluding carboxylic acids is 1. The first kappa shape index (κ1) is 31.1. The number of pyridine rings is 2. The number of tetrazole rings is 1. The van der Waals surface area contributed by atoms with Crippen LogP contribution in [0.5, 0.6) is 5.75 Å². The Morgan fingerprint density at radius 1 is 1.02 bits per heavy atom. The van der Waals surface area contributed by atoms with Gasteiger partial charge in [0.1, 0.15) is 11.8 Å². The number of alkyl halides is 3. The molecule has 238 valence electrons. The molecule has 17 heteroatoms. The maximum atomic E-state index is 13.8. The van der Waals surface area contributed by atoms with E-state index in [0.29, 0.717) is 17.1 Å². The third-order valence-corrected chi connectivity index (χ3v) is 7.35. The highest BCUT2D eigenvalue weighted by Crippen LogP contribution is 2.36. The quantitative estimate of drug-likeness (QED) is 0.222. The van der Waals surface area contributed by atoms with Gasteiger partial charge in [-0.1, -0.05) is 16.8 Å². The fourth-order valence-electron chi connectivity index (χ4n) is 4.85. The number of aromatic amines is 1. The SMILES string of the molecule is COc1cn(C(Cc2ccncc2)C(=O)Nc2ccc(-c3nn[nH]n3)cc2)c(=O)cc1-c1cc(Cl)ccc1-n1cc(C(F)(F)F)nn1. The Morgan fingerprint density at radius 3 is 2.45 bits per heavy atom. The Labute approximate surface area is 268 Å². The summed E-state index contributed by atoms with van der Waals surface area (Å²) in [6.07, 6.45) is 0.633. The van der Waals surface area contributed by atoms with Crippen LogP contribution in [0, 0.1) is 0 Å². The number of benzene rings is 2. The van der Waals surface area contributed by atoms with Crippen molar-refractivity contribution in [3.63, 3.8) is 0 Å². The predicted molar refractivity (Wildman–Crippen MR) is 163 cm³/mol. The Balaban J connectivity index is 1.39. The van der Waals surface area contributed by atoms with Crippen LogP contribution in [0.4, 0.5) is 18.9 Å². The van der Waals surface area contributed by atoms with Gasteiger partial charge in [-0.3, -0.25) is 19.1 Å². The maximum absolute atomic E-state index is 13.8. The van der Waals surface area contributed by atoms with Crippen molar-refractivity contribution in [1.29, 1.82) is 0 Å². The Morgan fingerprint density at radius 2 is 1.79 bits per heavy atom. The minimum atomic E-state index is -4.72. The van der Waals surface area contributed by atoms with Crippen LogP contribution in [-0.4, -0.2) is 58.2 Å². The van der Waals surface area contributed by atoms with Gasteiger partial charge in [0.25, 0.3) is 5.56 Å². The van der Waals surface area contributed by atoms with Crippen molar-refractivity contribution in [2.45, 2.75) is 18.6 Å². The van der Waals surface area contributed by atoms with Crippen LogP contribution in [0.3, 0.4) is 0 Å². The van der Waals surface area contributed by atoms with Crippen molar-refractivity contribution in [1.82, 2.24) is 45.2 Å². The summed E-state index contributed by atoms with van der Waals surface area (Å²) in [7, 11) is 1.36. The zero-order chi connectivity index (χ0) is 33.1. The lowest BCUT2D eigenvalue weighted by atomic mass is 10.0. The molecule has 0 saturated heterocycles. The number of nitrogens with one attached hydrogen (secondary N) is 2. The predicted octanol–water partition coefficient (Wildman–Crippen LogP) is 4.77. The van der Waals surface area contributed by atoms with Crippen molar-refractivity contribution >= 4 is 23.2 Å². The third-order valence-electron chi connectivity index (χ3n) is 7.12. The number of hydrogen-bond donors (Lipinski definition) is 2. The van der Waals surface area contributed by atoms with E-state index in [1.165, 1.54) is 42.1 Å². The van der Waals surface area contributed by atoms with Crippen molar-refractivity contribution in [2.75, 3.05) is 12.4 Å². The van der Waals surface area contributed by atoms with Crippen LogP contribution in [-0.2, 0) is 17.4 Å². The van der Waals surface area contributed by atoms with Gasteiger partial charge >= 0.3 is 6.18 Å². The summed E-state index contributed by atoms with van der Waals surface area (Å²) in [4.78, 5) is 31.6. The third kappa shape index (κ3) is 6.72. The summed E-state index contributed by atoms with van der Waals surface area (Å²) in [6, 6.07) is 14.7. The van der Waals surface area contributed by atoms with Gasteiger partial charge < -0.3 is 10.1 Å². The van der Waals surface area contributed by atoms with E-state index in [1.54, 1.807) is 48.8 Å². The zero-order valence-electron chi connectivity index (χ0n) is 24.2. The van der Waals surface area contributed by atoms with Gasteiger partial charge in [-0.15, -0.1) is 15.3 Å². The molecular formula is C30H22ClF3N10O3. The van der Waals surface area contributed by atoms with Gasteiger partial charge in [0.15, 0.2) is 5.69 Å². The second-order valence-corrected chi connectivity index (χ2v) is 10.5. The van der Waals surface area contributed by atoms with Crippen LogP contribution in [0.1, 0.15) is 17.3 Å². The summed E-state index contributed by atoms with van der Waals surface area (Å²) in [5.74, 6) is 0.0164.